The third-order valence-corrected chi connectivity index (χ3v) is 3.80. The van der Waals surface area contributed by atoms with Crippen LogP contribution in [-0.2, 0) is 6.42 Å². The number of nitrogens with one attached hydrogen (secondary N) is 1. The number of hydrogen-bond acceptors (Lipinski definition) is 1. The Kier molecular flexibility index (Phi) is 2.25. The third kappa shape index (κ3) is 1.54. The van der Waals surface area contributed by atoms with Crippen molar-refractivity contribution >= 4 is 0 Å². The van der Waals surface area contributed by atoms with E-state index in [2.05, 4.69) is 12.2 Å². The van der Waals surface area contributed by atoms with Crippen molar-refractivity contribution in [3.05, 3.63) is 34.9 Å². The molecule has 0 aromatic heterocycles. The van der Waals surface area contributed by atoms with Gasteiger partial charge < -0.3 is 5.32 Å². The second-order valence-electron chi connectivity index (χ2n) is 5.00. The molecular formula is C13H15F2N. The van der Waals surface area contributed by atoms with Crippen molar-refractivity contribution in [2.45, 2.75) is 38.3 Å². The van der Waals surface area contributed by atoms with Gasteiger partial charge in [0.25, 0.3) is 0 Å². The fourth-order valence-electron chi connectivity index (χ4n) is 2.65. The fraction of sp³-hybridized carbons (Fsp3) is 0.538. The average Bonchev–Trinajstić information content (AvgIpc) is 2.78. The van der Waals surface area contributed by atoms with E-state index in [-0.39, 0.29) is 17.7 Å². The van der Waals surface area contributed by atoms with Gasteiger partial charge in [-0.2, -0.15) is 0 Å². The molecule has 0 radical (unpaired) electrons. The molecule has 0 amide bonds. The van der Waals surface area contributed by atoms with E-state index in [9.17, 15) is 8.78 Å². The van der Waals surface area contributed by atoms with Crippen LogP contribution >= 0.6 is 0 Å². The quantitative estimate of drug-likeness (QED) is 0.812. The Morgan fingerprint density at radius 2 is 1.94 bits per heavy atom. The minimum Gasteiger partial charge on any atom is -0.307 e. The van der Waals surface area contributed by atoms with Crippen LogP contribution in [0.2, 0.25) is 0 Å². The van der Waals surface area contributed by atoms with Gasteiger partial charge in [-0.3, -0.25) is 0 Å². The highest BCUT2D eigenvalue weighted by Crippen LogP contribution is 2.39. The van der Waals surface area contributed by atoms with Crippen LogP contribution < -0.4 is 5.32 Å². The van der Waals surface area contributed by atoms with E-state index in [1.54, 1.807) is 0 Å². The molecule has 1 fully saturated rings. The summed E-state index contributed by atoms with van der Waals surface area (Å²) in [7, 11) is 0. The SMILES string of the molecule is CC1CC1NC1CCc2c(F)ccc(F)c21. The van der Waals surface area contributed by atoms with Crippen molar-refractivity contribution < 1.29 is 8.78 Å². The predicted octanol–water partition coefficient (Wildman–Crippen LogP) is 2.95. The first-order valence-corrected chi connectivity index (χ1v) is 5.89. The topological polar surface area (TPSA) is 12.0 Å². The van der Waals surface area contributed by atoms with Crippen LogP contribution in [0, 0.1) is 17.6 Å². The second-order valence-corrected chi connectivity index (χ2v) is 5.00. The van der Waals surface area contributed by atoms with Gasteiger partial charge in [0.2, 0.25) is 0 Å². The van der Waals surface area contributed by atoms with Crippen LogP contribution in [0.3, 0.4) is 0 Å². The summed E-state index contributed by atoms with van der Waals surface area (Å²) in [5, 5.41) is 3.42. The van der Waals surface area contributed by atoms with Crippen LogP contribution in [0.1, 0.15) is 36.9 Å². The molecule has 1 saturated carbocycles. The molecular weight excluding hydrogens is 208 g/mol. The van der Waals surface area contributed by atoms with Gasteiger partial charge >= 0.3 is 0 Å². The number of rotatable bonds is 2. The van der Waals surface area contributed by atoms with E-state index < -0.39 is 0 Å². The van der Waals surface area contributed by atoms with Crippen LogP contribution in [0.25, 0.3) is 0 Å². The van der Waals surface area contributed by atoms with Gasteiger partial charge in [-0.25, -0.2) is 8.78 Å². The Balaban J connectivity index is 1.89. The van der Waals surface area contributed by atoms with Crippen LogP contribution in [0.4, 0.5) is 8.78 Å². The minimum atomic E-state index is -0.264. The maximum Gasteiger partial charge on any atom is 0.128 e. The Morgan fingerprint density at radius 3 is 2.62 bits per heavy atom. The summed E-state index contributed by atoms with van der Waals surface area (Å²) in [5.74, 6) is 0.157. The molecule has 3 heteroatoms. The zero-order valence-corrected chi connectivity index (χ0v) is 9.26. The zero-order chi connectivity index (χ0) is 11.3. The van der Waals surface area contributed by atoms with Gasteiger partial charge in [-0.05, 0) is 42.9 Å². The highest BCUT2D eigenvalue weighted by Gasteiger charge is 2.37. The smallest absolute Gasteiger partial charge is 0.128 e. The predicted molar refractivity (Wildman–Crippen MR) is 58.1 cm³/mol. The van der Waals surface area contributed by atoms with Gasteiger partial charge in [0.15, 0.2) is 0 Å². The largest absolute Gasteiger partial charge is 0.307 e. The molecule has 0 heterocycles. The minimum absolute atomic E-state index is 0.0145. The monoisotopic (exact) mass is 223 g/mol. The lowest BCUT2D eigenvalue weighted by Gasteiger charge is -2.14. The van der Waals surface area contributed by atoms with Crippen molar-refractivity contribution in [2.75, 3.05) is 0 Å². The Labute approximate surface area is 93.9 Å². The second kappa shape index (κ2) is 3.52. The first-order valence-electron chi connectivity index (χ1n) is 5.89. The Hall–Kier alpha value is -0.960. The average molecular weight is 223 g/mol. The standard InChI is InChI=1S/C13H15F2N/c1-7-6-12(7)16-11-5-2-8-9(14)3-4-10(15)13(8)11/h3-4,7,11-12,16H,2,5-6H2,1H3. The Morgan fingerprint density at radius 1 is 1.25 bits per heavy atom. The molecule has 2 aliphatic rings. The van der Waals surface area contributed by atoms with Gasteiger partial charge in [0.05, 0.1) is 0 Å². The van der Waals surface area contributed by atoms with Crippen molar-refractivity contribution in [3.8, 4) is 0 Å². The number of fused-ring (bicyclic) bond motifs is 1. The first-order chi connectivity index (χ1) is 7.66. The highest BCUT2D eigenvalue weighted by molar-refractivity contribution is 5.37. The lowest BCUT2D eigenvalue weighted by Crippen LogP contribution is -2.23. The summed E-state index contributed by atoms with van der Waals surface area (Å²) in [6.45, 7) is 2.18. The summed E-state index contributed by atoms with van der Waals surface area (Å²) >= 11 is 0. The Bertz CT molecular complexity index is 430. The molecule has 0 saturated heterocycles. The van der Waals surface area contributed by atoms with Gasteiger partial charge in [-0.1, -0.05) is 6.92 Å². The van der Waals surface area contributed by atoms with E-state index in [0.29, 0.717) is 29.5 Å². The summed E-state index contributed by atoms with van der Waals surface area (Å²) < 4.78 is 27.2. The van der Waals surface area contributed by atoms with Gasteiger partial charge in [-0.15, -0.1) is 0 Å². The molecule has 0 bridgehead atoms. The molecule has 1 nitrogen and oxygen atoms in total. The van der Waals surface area contributed by atoms with E-state index in [0.717, 1.165) is 12.8 Å². The number of benzene rings is 1. The molecule has 3 atom stereocenters. The van der Waals surface area contributed by atoms with E-state index >= 15 is 0 Å². The zero-order valence-electron chi connectivity index (χ0n) is 9.26. The summed E-state index contributed by atoms with van der Waals surface area (Å²) in [6, 6.07) is 2.99. The van der Waals surface area contributed by atoms with E-state index in [1.807, 2.05) is 0 Å². The summed E-state index contributed by atoms with van der Waals surface area (Å²) in [4.78, 5) is 0. The van der Waals surface area contributed by atoms with Gasteiger partial charge in [0, 0.05) is 17.6 Å². The summed E-state index contributed by atoms with van der Waals surface area (Å²) in [5.41, 5.74) is 1.14. The molecule has 0 aliphatic heterocycles. The van der Waals surface area contributed by atoms with Crippen molar-refractivity contribution in [3.63, 3.8) is 0 Å². The maximum atomic E-state index is 13.7. The molecule has 3 rings (SSSR count). The molecule has 16 heavy (non-hydrogen) atoms. The van der Waals surface area contributed by atoms with Gasteiger partial charge in [0.1, 0.15) is 11.6 Å². The van der Waals surface area contributed by atoms with Crippen molar-refractivity contribution in [1.29, 1.82) is 0 Å². The first kappa shape index (κ1) is 10.2. The maximum absolute atomic E-state index is 13.7. The molecule has 2 aliphatic carbocycles. The van der Waals surface area contributed by atoms with Crippen LogP contribution in [-0.4, -0.2) is 6.04 Å². The van der Waals surface area contributed by atoms with Crippen molar-refractivity contribution in [1.82, 2.24) is 5.32 Å². The summed E-state index contributed by atoms with van der Waals surface area (Å²) in [6.07, 6.45) is 2.62. The molecule has 1 N–H and O–H groups in total. The van der Waals surface area contributed by atoms with E-state index in [1.165, 1.54) is 12.1 Å². The van der Waals surface area contributed by atoms with E-state index in [4.69, 9.17) is 0 Å². The molecule has 86 valence electrons. The molecule has 0 spiro atoms. The van der Waals surface area contributed by atoms with Crippen LogP contribution in [0.5, 0.6) is 0 Å². The number of halogens is 2. The fourth-order valence-corrected chi connectivity index (χ4v) is 2.65. The third-order valence-electron chi connectivity index (χ3n) is 3.80. The number of hydrogen-bond donors (Lipinski definition) is 1. The van der Waals surface area contributed by atoms with Crippen molar-refractivity contribution in [2.24, 2.45) is 5.92 Å². The lowest BCUT2D eigenvalue weighted by atomic mass is 10.1. The highest BCUT2D eigenvalue weighted by atomic mass is 19.1. The van der Waals surface area contributed by atoms with Crippen LogP contribution in [0.15, 0.2) is 12.1 Å². The normalized spacial score (nSPS) is 31.6. The molecule has 1 aromatic rings. The lowest BCUT2D eigenvalue weighted by molar-refractivity contribution is 0.490. The molecule has 3 unspecified atom stereocenters. The molecule has 1 aromatic carbocycles.